The molecule has 0 aliphatic carbocycles. The van der Waals surface area contributed by atoms with Gasteiger partial charge in [-0.1, -0.05) is 18.2 Å². The second-order valence-corrected chi connectivity index (χ2v) is 4.20. The number of para-hydroxylation sites is 1. The number of aromatic nitrogens is 1. The molecule has 2 N–H and O–H groups in total. The first-order valence-corrected chi connectivity index (χ1v) is 5.47. The summed E-state index contributed by atoms with van der Waals surface area (Å²) in [5.74, 6) is -0.442. The Bertz CT molecular complexity index is 607. The van der Waals surface area contributed by atoms with Gasteiger partial charge in [-0.25, -0.2) is 0 Å². The third-order valence-electron chi connectivity index (χ3n) is 2.37. The number of nitrogens with one attached hydrogen (secondary N) is 1. The number of hydrogen-bond donors (Lipinski definition) is 2. The van der Waals surface area contributed by atoms with E-state index in [0.717, 1.165) is 10.9 Å². The molecule has 0 bridgehead atoms. The second kappa shape index (κ2) is 6.31. The van der Waals surface area contributed by atoms with E-state index in [9.17, 15) is 9.90 Å². The van der Waals surface area contributed by atoms with Crippen LogP contribution in [-0.4, -0.2) is 41.5 Å². The van der Waals surface area contributed by atoms with E-state index in [-0.39, 0.29) is 36.4 Å². The fourth-order valence-corrected chi connectivity index (χ4v) is 1.62. The van der Waals surface area contributed by atoms with Gasteiger partial charge in [0.05, 0.1) is 12.1 Å². The Hall–Kier alpha value is -1.92. The molecule has 7 heteroatoms. The van der Waals surface area contributed by atoms with E-state index in [4.69, 9.17) is 0 Å². The normalized spacial score (nSPS) is 11.1. The number of aromatic hydroxyl groups is 1. The SMILES string of the molecule is CN(C)CC(=O)N=Nc1c(O)[nH]c2ccccc12.Cl. The van der Waals surface area contributed by atoms with E-state index in [0.29, 0.717) is 0 Å². The monoisotopic (exact) mass is 282 g/mol. The van der Waals surface area contributed by atoms with Crippen LogP contribution in [0.4, 0.5) is 5.69 Å². The van der Waals surface area contributed by atoms with E-state index >= 15 is 0 Å². The van der Waals surface area contributed by atoms with Crippen LogP contribution in [0.1, 0.15) is 0 Å². The zero-order valence-electron chi connectivity index (χ0n) is 10.6. The van der Waals surface area contributed by atoms with Crippen LogP contribution in [0, 0.1) is 0 Å². The predicted molar refractivity (Wildman–Crippen MR) is 75.3 cm³/mol. The highest BCUT2D eigenvalue weighted by molar-refractivity contribution is 5.94. The van der Waals surface area contributed by atoms with Crippen LogP contribution in [0.25, 0.3) is 10.9 Å². The number of benzene rings is 1. The van der Waals surface area contributed by atoms with Crippen LogP contribution in [0.2, 0.25) is 0 Å². The third kappa shape index (κ3) is 3.52. The average molecular weight is 283 g/mol. The van der Waals surface area contributed by atoms with Crippen molar-refractivity contribution >= 4 is 34.9 Å². The highest BCUT2D eigenvalue weighted by atomic mass is 35.5. The summed E-state index contributed by atoms with van der Waals surface area (Å²) in [6, 6.07) is 7.29. The molecule has 1 aromatic heterocycles. The molecule has 1 amide bonds. The van der Waals surface area contributed by atoms with E-state index < -0.39 is 0 Å². The summed E-state index contributed by atoms with van der Waals surface area (Å²) in [5.41, 5.74) is 1.04. The molecule has 0 aliphatic rings. The van der Waals surface area contributed by atoms with Gasteiger partial charge in [-0.2, -0.15) is 0 Å². The molecular weight excluding hydrogens is 268 g/mol. The van der Waals surface area contributed by atoms with Crippen molar-refractivity contribution < 1.29 is 9.90 Å². The first kappa shape index (κ1) is 15.1. The van der Waals surface area contributed by atoms with Crippen molar-refractivity contribution in [3.8, 4) is 5.88 Å². The van der Waals surface area contributed by atoms with Gasteiger partial charge in [0.25, 0.3) is 5.91 Å². The number of azo groups is 1. The number of nitrogens with zero attached hydrogens (tertiary/aromatic N) is 3. The van der Waals surface area contributed by atoms with Crippen molar-refractivity contribution in [2.45, 2.75) is 0 Å². The Morgan fingerprint density at radius 2 is 2.05 bits per heavy atom. The molecule has 0 unspecified atom stereocenters. The molecular formula is C12H15ClN4O2. The molecule has 0 spiro atoms. The molecule has 0 radical (unpaired) electrons. The summed E-state index contributed by atoms with van der Waals surface area (Å²) >= 11 is 0. The molecule has 0 atom stereocenters. The fraction of sp³-hybridized carbons (Fsp3) is 0.250. The molecule has 0 fully saturated rings. The summed E-state index contributed by atoms with van der Waals surface area (Å²) in [7, 11) is 3.55. The van der Waals surface area contributed by atoms with E-state index in [1.807, 2.05) is 18.2 Å². The quantitative estimate of drug-likeness (QED) is 0.849. The molecule has 1 aromatic carbocycles. The van der Waals surface area contributed by atoms with Gasteiger partial charge in [0, 0.05) is 5.39 Å². The van der Waals surface area contributed by atoms with Crippen LogP contribution < -0.4 is 0 Å². The summed E-state index contributed by atoms with van der Waals surface area (Å²) in [6.07, 6.45) is 0. The first-order chi connectivity index (χ1) is 8.58. The summed E-state index contributed by atoms with van der Waals surface area (Å²) in [4.78, 5) is 15.9. The lowest BCUT2D eigenvalue weighted by atomic mass is 10.2. The van der Waals surface area contributed by atoms with Gasteiger partial charge in [0.1, 0.15) is 0 Å². The van der Waals surface area contributed by atoms with Crippen molar-refractivity contribution in [1.29, 1.82) is 0 Å². The predicted octanol–water partition coefficient (Wildman–Crippen LogP) is 2.47. The van der Waals surface area contributed by atoms with Crippen molar-refractivity contribution in [2.75, 3.05) is 20.6 Å². The number of rotatable bonds is 3. The van der Waals surface area contributed by atoms with Crippen LogP contribution in [0.5, 0.6) is 5.88 Å². The van der Waals surface area contributed by atoms with Crippen molar-refractivity contribution in [3.05, 3.63) is 24.3 Å². The number of carbonyl (C=O) groups excluding carboxylic acids is 1. The fourth-order valence-electron chi connectivity index (χ4n) is 1.62. The topological polar surface area (TPSA) is 81.1 Å². The number of H-pyrrole nitrogens is 1. The van der Waals surface area contributed by atoms with Crippen LogP contribution >= 0.6 is 12.4 Å². The number of halogens is 1. The van der Waals surface area contributed by atoms with E-state index in [1.54, 1.807) is 25.1 Å². The summed E-state index contributed by atoms with van der Waals surface area (Å²) in [6.45, 7) is 0.187. The zero-order chi connectivity index (χ0) is 13.1. The maximum absolute atomic E-state index is 11.4. The van der Waals surface area contributed by atoms with E-state index in [1.165, 1.54) is 0 Å². The minimum absolute atomic E-state index is 0. The number of likely N-dealkylation sites (N-methyl/N-ethyl adjacent to an activating group) is 1. The number of fused-ring (bicyclic) bond motifs is 1. The Kier molecular flexibility index (Phi) is 5.02. The largest absolute Gasteiger partial charge is 0.493 e. The molecule has 19 heavy (non-hydrogen) atoms. The molecule has 102 valence electrons. The van der Waals surface area contributed by atoms with Gasteiger partial charge < -0.3 is 15.0 Å². The smallest absolute Gasteiger partial charge is 0.278 e. The van der Waals surface area contributed by atoms with Crippen molar-refractivity contribution in [3.63, 3.8) is 0 Å². The minimum atomic E-state index is -0.357. The Morgan fingerprint density at radius 1 is 1.37 bits per heavy atom. The second-order valence-electron chi connectivity index (χ2n) is 4.20. The van der Waals surface area contributed by atoms with E-state index in [2.05, 4.69) is 15.2 Å². The van der Waals surface area contributed by atoms with Crippen LogP contribution in [-0.2, 0) is 4.79 Å². The highest BCUT2D eigenvalue weighted by Crippen LogP contribution is 2.34. The Labute approximate surface area is 116 Å². The Morgan fingerprint density at radius 3 is 2.74 bits per heavy atom. The molecule has 0 saturated heterocycles. The van der Waals surface area contributed by atoms with Gasteiger partial charge in [-0.05, 0) is 20.2 Å². The summed E-state index contributed by atoms with van der Waals surface area (Å²) < 4.78 is 0. The van der Waals surface area contributed by atoms with Gasteiger partial charge in [-0.3, -0.25) is 4.79 Å². The van der Waals surface area contributed by atoms with Crippen LogP contribution in [0.3, 0.4) is 0 Å². The molecule has 6 nitrogen and oxygen atoms in total. The lowest BCUT2D eigenvalue weighted by Crippen LogP contribution is -2.19. The zero-order valence-corrected chi connectivity index (χ0v) is 11.4. The first-order valence-electron chi connectivity index (χ1n) is 5.47. The number of hydrogen-bond acceptors (Lipinski definition) is 4. The van der Waals surface area contributed by atoms with Gasteiger partial charge in [-0.15, -0.1) is 22.6 Å². The minimum Gasteiger partial charge on any atom is -0.493 e. The molecule has 2 rings (SSSR count). The number of carbonyl (C=O) groups is 1. The van der Waals surface area contributed by atoms with Crippen molar-refractivity contribution in [1.82, 2.24) is 9.88 Å². The number of amides is 1. The Balaban J connectivity index is 0.00000180. The standard InChI is InChI=1S/C12H14N4O2.ClH/c1-16(2)7-10(17)14-15-11-8-5-3-4-6-9(8)13-12(11)18;/h3-6,13,18H,7H2,1-2H3;1H. The molecule has 0 aliphatic heterocycles. The lowest BCUT2D eigenvalue weighted by Gasteiger charge is -2.03. The molecule has 2 aromatic rings. The van der Waals surface area contributed by atoms with Gasteiger partial charge in [0.15, 0.2) is 5.69 Å². The van der Waals surface area contributed by atoms with Crippen molar-refractivity contribution in [2.24, 2.45) is 10.2 Å². The maximum Gasteiger partial charge on any atom is 0.278 e. The van der Waals surface area contributed by atoms with Gasteiger partial charge in [0.2, 0.25) is 5.88 Å². The summed E-state index contributed by atoms with van der Waals surface area (Å²) in [5, 5.41) is 17.8. The van der Waals surface area contributed by atoms with Crippen LogP contribution in [0.15, 0.2) is 34.5 Å². The average Bonchev–Trinajstić information content (AvgIpc) is 2.61. The maximum atomic E-state index is 11.4. The highest BCUT2D eigenvalue weighted by Gasteiger charge is 2.10. The number of aromatic amines is 1. The lowest BCUT2D eigenvalue weighted by molar-refractivity contribution is -0.118. The third-order valence-corrected chi connectivity index (χ3v) is 2.37. The van der Waals surface area contributed by atoms with Gasteiger partial charge >= 0.3 is 0 Å². The molecule has 0 saturated carbocycles. The molecule has 1 heterocycles.